The lowest BCUT2D eigenvalue weighted by Gasteiger charge is -2.35. The van der Waals surface area contributed by atoms with E-state index in [1.165, 1.54) is 4.31 Å². The molecule has 2 heterocycles. The lowest BCUT2D eigenvalue weighted by Crippen LogP contribution is -2.53. The molecule has 1 aromatic rings. The summed E-state index contributed by atoms with van der Waals surface area (Å²) in [7, 11) is -6.98. The maximum absolute atomic E-state index is 12.9. The molecule has 6 nitrogen and oxygen atoms in total. The number of benzene rings is 1. The summed E-state index contributed by atoms with van der Waals surface area (Å²) in [5, 5.41) is 0. The van der Waals surface area contributed by atoms with Gasteiger partial charge < -0.3 is 4.74 Å². The van der Waals surface area contributed by atoms with Gasteiger partial charge in [-0.2, -0.15) is 4.31 Å². The molecule has 2 fully saturated rings. The summed E-state index contributed by atoms with van der Waals surface area (Å²) in [6.07, 6.45) is -0.556. The highest BCUT2D eigenvalue weighted by molar-refractivity contribution is 7.92. The zero-order chi connectivity index (χ0) is 16.1. The predicted molar refractivity (Wildman–Crippen MR) is 82.0 cm³/mol. The predicted octanol–water partition coefficient (Wildman–Crippen LogP) is 0.490. The molecule has 0 N–H and O–H groups in total. The number of aryl methyl sites for hydroxylation is 2. The molecule has 2 aliphatic heterocycles. The van der Waals surface area contributed by atoms with Gasteiger partial charge in [0, 0.05) is 6.54 Å². The van der Waals surface area contributed by atoms with Crippen molar-refractivity contribution < 1.29 is 21.6 Å². The molecule has 0 spiro atoms. The Morgan fingerprint density at radius 1 is 1.23 bits per heavy atom. The van der Waals surface area contributed by atoms with Gasteiger partial charge in [-0.05, 0) is 25.5 Å². The summed E-state index contributed by atoms with van der Waals surface area (Å²) in [6.45, 7) is 4.06. The topological polar surface area (TPSA) is 80.8 Å². The minimum atomic E-state index is -3.72. The number of sulfone groups is 1. The first-order chi connectivity index (χ1) is 10.2. The van der Waals surface area contributed by atoms with Crippen molar-refractivity contribution in [1.29, 1.82) is 0 Å². The number of fused-ring (bicyclic) bond motifs is 1. The lowest BCUT2D eigenvalue weighted by atomic mass is 10.2. The van der Waals surface area contributed by atoms with Crippen LogP contribution in [0.25, 0.3) is 0 Å². The van der Waals surface area contributed by atoms with E-state index in [4.69, 9.17) is 4.74 Å². The molecule has 0 radical (unpaired) electrons. The van der Waals surface area contributed by atoms with Crippen LogP contribution < -0.4 is 0 Å². The second-order valence-corrected chi connectivity index (χ2v) is 9.95. The molecular formula is C14H19NO5S2. The smallest absolute Gasteiger partial charge is 0.243 e. The highest BCUT2D eigenvalue weighted by atomic mass is 32.2. The number of nitrogens with zero attached hydrogens (tertiary/aromatic N) is 1. The molecule has 2 aliphatic rings. The van der Waals surface area contributed by atoms with Crippen molar-refractivity contribution in [3.05, 3.63) is 29.3 Å². The Balaban J connectivity index is 2.01. The third-order valence-electron chi connectivity index (χ3n) is 4.20. The third-order valence-corrected chi connectivity index (χ3v) is 7.97. The molecule has 8 heteroatoms. The van der Waals surface area contributed by atoms with E-state index in [0.29, 0.717) is 5.56 Å². The number of rotatable bonds is 2. The molecule has 0 aliphatic carbocycles. The van der Waals surface area contributed by atoms with Crippen LogP contribution in [0.4, 0.5) is 0 Å². The Labute approximate surface area is 131 Å². The highest BCUT2D eigenvalue weighted by Crippen LogP contribution is 2.30. The van der Waals surface area contributed by atoms with E-state index in [0.717, 1.165) is 5.56 Å². The second-order valence-electron chi connectivity index (χ2n) is 5.94. The fourth-order valence-corrected chi connectivity index (χ4v) is 7.00. The van der Waals surface area contributed by atoms with Gasteiger partial charge in [-0.15, -0.1) is 0 Å². The average Bonchev–Trinajstić information content (AvgIpc) is 2.71. The van der Waals surface area contributed by atoms with Crippen molar-refractivity contribution in [2.24, 2.45) is 0 Å². The average molecular weight is 345 g/mol. The minimum Gasteiger partial charge on any atom is -0.374 e. The fourth-order valence-electron chi connectivity index (χ4n) is 3.20. The molecule has 122 valence electrons. The molecule has 0 amide bonds. The van der Waals surface area contributed by atoms with Crippen molar-refractivity contribution in [1.82, 2.24) is 4.31 Å². The first kappa shape index (κ1) is 15.9. The first-order valence-electron chi connectivity index (χ1n) is 7.12. The number of hydrogen-bond donors (Lipinski definition) is 0. The van der Waals surface area contributed by atoms with E-state index < -0.39 is 32.0 Å². The standard InChI is InChI=1S/C14H19NO5S2/c1-10-3-4-14(11(2)7-10)22(18,19)15-5-6-20-13-9-21(16,17)8-12(13)15/h3-4,7,12-13H,5-6,8-9H2,1-2H3. The maximum Gasteiger partial charge on any atom is 0.243 e. The summed E-state index contributed by atoms with van der Waals surface area (Å²) >= 11 is 0. The Morgan fingerprint density at radius 3 is 2.64 bits per heavy atom. The van der Waals surface area contributed by atoms with E-state index >= 15 is 0 Å². The molecule has 2 unspecified atom stereocenters. The highest BCUT2D eigenvalue weighted by Gasteiger charge is 2.48. The normalized spacial score (nSPS) is 28.5. The quantitative estimate of drug-likeness (QED) is 0.779. The van der Waals surface area contributed by atoms with Crippen molar-refractivity contribution in [3.8, 4) is 0 Å². The van der Waals surface area contributed by atoms with Crippen LogP contribution in [0.5, 0.6) is 0 Å². The zero-order valence-electron chi connectivity index (χ0n) is 12.5. The van der Waals surface area contributed by atoms with Gasteiger partial charge in [-0.3, -0.25) is 0 Å². The van der Waals surface area contributed by atoms with Gasteiger partial charge in [0.15, 0.2) is 9.84 Å². The largest absolute Gasteiger partial charge is 0.374 e. The number of sulfonamides is 1. The van der Waals surface area contributed by atoms with Gasteiger partial charge in [0.2, 0.25) is 10.0 Å². The van der Waals surface area contributed by atoms with E-state index in [1.54, 1.807) is 19.1 Å². The molecule has 2 saturated heterocycles. The molecule has 0 saturated carbocycles. The zero-order valence-corrected chi connectivity index (χ0v) is 14.2. The van der Waals surface area contributed by atoms with Crippen LogP contribution in [0.15, 0.2) is 23.1 Å². The van der Waals surface area contributed by atoms with Gasteiger partial charge >= 0.3 is 0 Å². The first-order valence-corrected chi connectivity index (χ1v) is 10.4. The second kappa shape index (κ2) is 5.30. The van der Waals surface area contributed by atoms with Gasteiger partial charge in [-0.25, -0.2) is 16.8 Å². The number of ether oxygens (including phenoxy) is 1. The summed E-state index contributed by atoms with van der Waals surface area (Å²) in [5.74, 6) is -0.266. The monoisotopic (exact) mass is 345 g/mol. The van der Waals surface area contributed by atoms with E-state index in [1.807, 2.05) is 13.0 Å². The van der Waals surface area contributed by atoms with Gasteiger partial charge in [-0.1, -0.05) is 17.7 Å². The summed E-state index contributed by atoms with van der Waals surface area (Å²) < 4.78 is 56.3. The van der Waals surface area contributed by atoms with Gasteiger partial charge in [0.05, 0.1) is 35.2 Å². The van der Waals surface area contributed by atoms with Crippen LogP contribution in [0.1, 0.15) is 11.1 Å². The van der Waals surface area contributed by atoms with Crippen LogP contribution >= 0.6 is 0 Å². The van der Waals surface area contributed by atoms with Crippen molar-refractivity contribution >= 4 is 19.9 Å². The third kappa shape index (κ3) is 2.68. The van der Waals surface area contributed by atoms with Crippen molar-refractivity contribution in [3.63, 3.8) is 0 Å². The maximum atomic E-state index is 12.9. The van der Waals surface area contributed by atoms with Crippen LogP contribution in [0.3, 0.4) is 0 Å². The van der Waals surface area contributed by atoms with Gasteiger partial charge in [0.1, 0.15) is 0 Å². The van der Waals surface area contributed by atoms with E-state index in [2.05, 4.69) is 0 Å². The summed E-state index contributed by atoms with van der Waals surface area (Å²) in [4.78, 5) is 0.239. The molecule has 1 aromatic carbocycles. The molecular weight excluding hydrogens is 326 g/mol. The van der Waals surface area contributed by atoms with Gasteiger partial charge in [0.25, 0.3) is 0 Å². The van der Waals surface area contributed by atoms with E-state index in [-0.39, 0.29) is 29.6 Å². The summed E-state index contributed by atoms with van der Waals surface area (Å²) in [6, 6.07) is 4.54. The fraction of sp³-hybridized carbons (Fsp3) is 0.571. The lowest BCUT2D eigenvalue weighted by molar-refractivity contribution is -0.0141. The summed E-state index contributed by atoms with van der Waals surface area (Å²) in [5.41, 5.74) is 1.66. The molecule has 0 bridgehead atoms. The molecule has 0 aromatic heterocycles. The van der Waals surface area contributed by atoms with Crippen molar-refractivity contribution in [2.75, 3.05) is 24.7 Å². The number of hydrogen-bond acceptors (Lipinski definition) is 5. The van der Waals surface area contributed by atoms with Crippen LogP contribution in [0, 0.1) is 13.8 Å². The minimum absolute atomic E-state index is 0.101. The van der Waals surface area contributed by atoms with Crippen LogP contribution in [-0.4, -0.2) is 57.9 Å². The van der Waals surface area contributed by atoms with E-state index in [9.17, 15) is 16.8 Å². The molecule has 2 atom stereocenters. The number of morpholine rings is 1. The Hall–Kier alpha value is -0.960. The Morgan fingerprint density at radius 2 is 1.95 bits per heavy atom. The Bertz CT molecular complexity index is 801. The van der Waals surface area contributed by atoms with Crippen LogP contribution in [0.2, 0.25) is 0 Å². The SMILES string of the molecule is Cc1ccc(S(=O)(=O)N2CCOC3CS(=O)(=O)CC32)c(C)c1. The molecule has 3 rings (SSSR count). The van der Waals surface area contributed by atoms with Crippen LogP contribution in [-0.2, 0) is 24.6 Å². The molecule has 22 heavy (non-hydrogen) atoms. The Kier molecular flexibility index (Phi) is 3.83. The van der Waals surface area contributed by atoms with Crippen molar-refractivity contribution in [2.45, 2.75) is 30.9 Å².